The Labute approximate surface area is 509 Å². The molecule has 2 aliphatic rings. The zero-order valence-corrected chi connectivity index (χ0v) is 47.9. The molecule has 1 spiro atoms. The van der Waals surface area contributed by atoms with Gasteiger partial charge in [-0.25, -0.2) is 0 Å². The summed E-state index contributed by atoms with van der Waals surface area (Å²) in [6, 6.07) is 130. The number of nitrogens with zero attached hydrogens (tertiary/aromatic N) is 2. The molecule has 0 N–H and O–H groups in total. The highest BCUT2D eigenvalue weighted by Gasteiger charge is 2.50. The maximum absolute atomic E-state index is 2.48. The number of hydrogen-bond donors (Lipinski definition) is 0. The predicted octanol–water partition coefficient (Wildman–Crippen LogP) is 23.0. The SMILES string of the molecule is c1ccc(-c2ccc(N(c3ccc(-c4ccccc4)cc3)c3cccc4c3-c3ccccc3-c3ccccc3C3(c5ccccc5-4)c4ccccc4-c4c(N(c5ccc(-c6ccccc6)cc5)c5ccc(-c6ccccc6)cc5)cccc43)cc2)cc1. The van der Waals surface area contributed by atoms with Crippen molar-refractivity contribution in [3.8, 4) is 89.0 Å². The summed E-state index contributed by atoms with van der Waals surface area (Å²) in [6.45, 7) is 0. The lowest BCUT2D eigenvalue weighted by Crippen LogP contribution is -2.30. The van der Waals surface area contributed by atoms with Gasteiger partial charge in [0.2, 0.25) is 0 Å². The van der Waals surface area contributed by atoms with Crippen molar-refractivity contribution in [1.82, 2.24) is 0 Å². The van der Waals surface area contributed by atoms with Crippen LogP contribution < -0.4 is 9.80 Å². The maximum Gasteiger partial charge on any atom is 0.0726 e. The smallest absolute Gasteiger partial charge is 0.0726 e. The van der Waals surface area contributed by atoms with Crippen molar-refractivity contribution in [1.29, 1.82) is 0 Å². The Kier molecular flexibility index (Phi) is 12.8. The summed E-state index contributed by atoms with van der Waals surface area (Å²) in [7, 11) is 0. The molecule has 0 heterocycles. The molecule has 408 valence electrons. The van der Waals surface area contributed by atoms with E-state index in [0.29, 0.717) is 0 Å². The normalized spacial score (nSPS) is 13.3. The van der Waals surface area contributed by atoms with Gasteiger partial charge >= 0.3 is 0 Å². The molecule has 0 saturated carbocycles. The lowest BCUT2D eigenvalue weighted by molar-refractivity contribution is 0.773. The van der Waals surface area contributed by atoms with Crippen molar-refractivity contribution in [3.63, 3.8) is 0 Å². The zero-order valence-electron chi connectivity index (χ0n) is 47.9. The van der Waals surface area contributed by atoms with Gasteiger partial charge in [-0.3, -0.25) is 0 Å². The first-order chi connectivity index (χ1) is 43.2. The summed E-state index contributed by atoms with van der Waals surface area (Å²) in [4.78, 5) is 4.95. The number of rotatable bonds is 10. The highest BCUT2D eigenvalue weighted by atomic mass is 15.2. The molecule has 14 aromatic rings. The Morgan fingerprint density at radius 1 is 0.161 bits per heavy atom. The molecular formula is C85H58N2. The van der Waals surface area contributed by atoms with Crippen LogP contribution in [0.2, 0.25) is 0 Å². The number of hydrogen-bond acceptors (Lipinski definition) is 2. The molecule has 0 aliphatic heterocycles. The lowest BCUT2D eigenvalue weighted by Gasteiger charge is -2.37. The first-order valence-electron chi connectivity index (χ1n) is 30.1. The van der Waals surface area contributed by atoms with Gasteiger partial charge in [0.05, 0.1) is 16.8 Å². The predicted molar refractivity (Wildman–Crippen MR) is 365 cm³/mol. The fraction of sp³-hybridized carbons (Fsp3) is 0.0118. The third-order valence-electron chi connectivity index (χ3n) is 17.9. The molecule has 1 unspecified atom stereocenters. The van der Waals surface area contributed by atoms with E-state index in [1.165, 1.54) is 100 Å². The van der Waals surface area contributed by atoms with Crippen LogP contribution >= 0.6 is 0 Å². The third-order valence-corrected chi connectivity index (χ3v) is 17.9. The summed E-state index contributed by atoms with van der Waals surface area (Å²) in [5, 5.41) is 0. The van der Waals surface area contributed by atoms with Crippen LogP contribution in [0.4, 0.5) is 34.1 Å². The van der Waals surface area contributed by atoms with E-state index in [9.17, 15) is 0 Å². The first kappa shape index (κ1) is 51.3. The van der Waals surface area contributed by atoms with Crippen molar-refractivity contribution >= 4 is 34.1 Å². The van der Waals surface area contributed by atoms with Gasteiger partial charge in [-0.05, 0) is 161 Å². The van der Waals surface area contributed by atoms with E-state index in [0.717, 1.165) is 45.3 Å². The number of fused-ring (bicyclic) bond motifs is 14. The minimum absolute atomic E-state index is 0.792. The molecule has 0 amide bonds. The van der Waals surface area contributed by atoms with Crippen molar-refractivity contribution in [2.75, 3.05) is 9.80 Å². The van der Waals surface area contributed by atoms with Gasteiger partial charge in [-0.15, -0.1) is 0 Å². The third kappa shape index (κ3) is 8.72. The van der Waals surface area contributed by atoms with E-state index in [4.69, 9.17) is 0 Å². The highest BCUT2D eigenvalue weighted by Crippen LogP contribution is 2.64. The first-order valence-corrected chi connectivity index (χ1v) is 30.1. The fourth-order valence-electron chi connectivity index (χ4n) is 14.1. The maximum atomic E-state index is 2.48. The molecule has 14 aromatic carbocycles. The Morgan fingerprint density at radius 2 is 0.425 bits per heavy atom. The van der Waals surface area contributed by atoms with Gasteiger partial charge in [-0.2, -0.15) is 0 Å². The molecule has 0 saturated heterocycles. The van der Waals surface area contributed by atoms with Crippen LogP contribution in [-0.2, 0) is 5.41 Å². The van der Waals surface area contributed by atoms with Crippen molar-refractivity contribution in [2.24, 2.45) is 0 Å². The number of anilines is 6. The van der Waals surface area contributed by atoms with E-state index >= 15 is 0 Å². The fourth-order valence-corrected chi connectivity index (χ4v) is 14.1. The molecule has 87 heavy (non-hydrogen) atoms. The summed E-state index contributed by atoms with van der Waals surface area (Å²) < 4.78 is 0. The topological polar surface area (TPSA) is 6.48 Å². The Bertz CT molecular complexity index is 4640. The molecule has 2 aliphatic carbocycles. The van der Waals surface area contributed by atoms with Gasteiger partial charge in [0.1, 0.15) is 0 Å². The van der Waals surface area contributed by atoms with Crippen LogP contribution in [-0.4, -0.2) is 0 Å². The highest BCUT2D eigenvalue weighted by molar-refractivity contribution is 6.06. The van der Waals surface area contributed by atoms with E-state index in [1.807, 2.05) is 0 Å². The second-order valence-corrected chi connectivity index (χ2v) is 22.7. The summed E-state index contributed by atoms with van der Waals surface area (Å²) in [5.41, 5.74) is 29.6. The minimum Gasteiger partial charge on any atom is -0.310 e. The molecule has 0 fully saturated rings. The van der Waals surface area contributed by atoms with Gasteiger partial charge in [-0.1, -0.05) is 291 Å². The minimum atomic E-state index is -0.792. The Morgan fingerprint density at radius 3 is 0.828 bits per heavy atom. The molecule has 2 nitrogen and oxygen atoms in total. The van der Waals surface area contributed by atoms with E-state index < -0.39 is 5.41 Å². The van der Waals surface area contributed by atoms with Crippen LogP contribution in [0.15, 0.2) is 352 Å². The molecule has 0 radical (unpaired) electrons. The standard InChI is InChI=1S/C85H58N2/c1-5-23-59(24-6-1)63-43-51-67(52-44-63)86(68-53-45-64(46-54-68)60-25-7-2-8-26-60)81-41-21-36-75-73-33-16-19-38-78(73)85(77-37-18-15-32-72(77)71-31-13-14-34-74(71)83(75)81)79-39-20-17-35-76(79)84-80(85)40-22-42-82(84)87(69-55-47-65(48-56-69)61-27-9-3-10-28-61)70-57-49-66(50-58-70)62-29-11-4-12-30-62/h1-58H. The summed E-state index contributed by atoms with van der Waals surface area (Å²) in [6.07, 6.45) is 0. The Balaban J connectivity index is 0.950. The van der Waals surface area contributed by atoms with Gasteiger partial charge < -0.3 is 9.80 Å². The van der Waals surface area contributed by atoms with Crippen LogP contribution in [0.25, 0.3) is 89.0 Å². The second kappa shape index (κ2) is 21.7. The van der Waals surface area contributed by atoms with E-state index in [1.54, 1.807) is 0 Å². The average molecular weight is 1110 g/mol. The monoisotopic (exact) mass is 1110 g/mol. The van der Waals surface area contributed by atoms with Crippen LogP contribution in [0.3, 0.4) is 0 Å². The quantitative estimate of drug-likeness (QED) is 0.135. The molecule has 0 bridgehead atoms. The molecular weight excluding hydrogens is 1050 g/mol. The van der Waals surface area contributed by atoms with Crippen LogP contribution in [0, 0.1) is 0 Å². The van der Waals surface area contributed by atoms with Gasteiger partial charge in [0.15, 0.2) is 0 Å². The summed E-state index contributed by atoms with van der Waals surface area (Å²) in [5.74, 6) is 0. The van der Waals surface area contributed by atoms with Crippen LogP contribution in [0.1, 0.15) is 22.3 Å². The summed E-state index contributed by atoms with van der Waals surface area (Å²) >= 11 is 0. The molecule has 2 heteroatoms. The van der Waals surface area contributed by atoms with Crippen LogP contribution in [0.5, 0.6) is 0 Å². The van der Waals surface area contributed by atoms with E-state index in [-0.39, 0.29) is 0 Å². The molecule has 1 atom stereocenters. The van der Waals surface area contributed by atoms with Crippen molar-refractivity contribution in [2.45, 2.75) is 5.41 Å². The number of benzene rings is 14. The van der Waals surface area contributed by atoms with Gasteiger partial charge in [0.25, 0.3) is 0 Å². The van der Waals surface area contributed by atoms with Gasteiger partial charge in [0, 0.05) is 33.9 Å². The lowest BCUT2D eigenvalue weighted by atomic mass is 9.64. The average Bonchev–Trinajstić information content (AvgIpc) is 1.57. The largest absolute Gasteiger partial charge is 0.310 e. The molecule has 0 aromatic heterocycles. The molecule has 16 rings (SSSR count). The van der Waals surface area contributed by atoms with E-state index in [2.05, 4.69) is 362 Å². The van der Waals surface area contributed by atoms with Crippen molar-refractivity contribution in [3.05, 3.63) is 374 Å². The Hall–Kier alpha value is -11.3. The second-order valence-electron chi connectivity index (χ2n) is 22.7. The van der Waals surface area contributed by atoms with Crippen molar-refractivity contribution < 1.29 is 0 Å². The zero-order chi connectivity index (χ0) is 57.7.